The smallest absolute Gasteiger partial charge is 0.254 e. The van der Waals surface area contributed by atoms with Crippen LogP contribution in [0.25, 0.3) is 10.9 Å². The molecule has 1 saturated carbocycles. The largest absolute Gasteiger partial charge is 0.393 e. The minimum atomic E-state index is -0.363. The molecule has 1 aromatic carbocycles. The average Bonchev–Trinajstić information content (AvgIpc) is 2.55. The van der Waals surface area contributed by atoms with Gasteiger partial charge < -0.3 is 10.0 Å². The van der Waals surface area contributed by atoms with Gasteiger partial charge in [0.2, 0.25) is 0 Å². The summed E-state index contributed by atoms with van der Waals surface area (Å²) in [5.74, 6) is -0.355. The van der Waals surface area contributed by atoms with Crippen molar-refractivity contribution in [1.29, 1.82) is 0 Å². The highest BCUT2D eigenvalue weighted by Crippen LogP contribution is 2.26. The molecule has 128 valence electrons. The lowest BCUT2D eigenvalue weighted by atomic mass is 9.86. The number of aliphatic hydroxyl groups excluding tert-OH is 1. The molecular formula is C19H23FN2O2. The zero-order valence-electron chi connectivity index (χ0n) is 14.1. The Kier molecular flexibility index (Phi) is 4.81. The Morgan fingerprint density at radius 3 is 2.83 bits per heavy atom. The summed E-state index contributed by atoms with van der Waals surface area (Å²) < 4.78 is 13.4. The van der Waals surface area contributed by atoms with E-state index in [2.05, 4.69) is 4.98 Å². The number of aryl methyl sites for hydroxylation is 1. The minimum absolute atomic E-state index is 0.116. The normalized spacial score (nSPS) is 21.0. The maximum atomic E-state index is 13.4. The molecule has 1 fully saturated rings. The molecule has 5 heteroatoms. The second-order valence-electron chi connectivity index (χ2n) is 6.77. The topological polar surface area (TPSA) is 53.4 Å². The first kappa shape index (κ1) is 16.8. The van der Waals surface area contributed by atoms with E-state index in [0.29, 0.717) is 28.7 Å². The molecule has 1 heterocycles. The number of hydrogen-bond acceptors (Lipinski definition) is 3. The van der Waals surface area contributed by atoms with Gasteiger partial charge in [0.1, 0.15) is 5.82 Å². The van der Waals surface area contributed by atoms with Crippen molar-refractivity contribution in [3.8, 4) is 0 Å². The fraction of sp³-hybridized carbons (Fsp3) is 0.474. The predicted molar refractivity (Wildman–Crippen MR) is 91.4 cm³/mol. The molecule has 0 bridgehead atoms. The van der Waals surface area contributed by atoms with Crippen LogP contribution in [0.4, 0.5) is 4.39 Å². The molecule has 0 saturated heterocycles. The zero-order chi connectivity index (χ0) is 17.3. The molecule has 1 aliphatic rings. The van der Waals surface area contributed by atoms with Crippen LogP contribution >= 0.6 is 0 Å². The number of hydrogen-bond donors (Lipinski definition) is 1. The van der Waals surface area contributed by atoms with Gasteiger partial charge >= 0.3 is 0 Å². The van der Waals surface area contributed by atoms with Crippen LogP contribution in [0.5, 0.6) is 0 Å². The molecule has 0 radical (unpaired) electrons. The van der Waals surface area contributed by atoms with E-state index in [0.717, 1.165) is 25.7 Å². The van der Waals surface area contributed by atoms with E-state index in [-0.39, 0.29) is 23.7 Å². The van der Waals surface area contributed by atoms with Crippen LogP contribution in [-0.2, 0) is 0 Å². The van der Waals surface area contributed by atoms with Crippen LogP contribution in [0.3, 0.4) is 0 Å². The lowest BCUT2D eigenvalue weighted by Crippen LogP contribution is -2.38. The Hall–Kier alpha value is -2.01. The molecule has 0 spiro atoms. The Bertz CT molecular complexity index is 757. The molecule has 2 atom stereocenters. The second-order valence-corrected chi connectivity index (χ2v) is 6.77. The van der Waals surface area contributed by atoms with Gasteiger partial charge in [-0.1, -0.05) is 12.8 Å². The number of carbonyl (C=O) groups excluding carboxylic acids is 1. The van der Waals surface area contributed by atoms with E-state index in [1.54, 1.807) is 31.0 Å². The molecule has 3 rings (SSSR count). The monoisotopic (exact) mass is 330 g/mol. The Morgan fingerprint density at radius 2 is 2.08 bits per heavy atom. The van der Waals surface area contributed by atoms with Gasteiger partial charge in [-0.2, -0.15) is 0 Å². The summed E-state index contributed by atoms with van der Waals surface area (Å²) in [7, 11) is 1.76. The van der Waals surface area contributed by atoms with Crippen molar-refractivity contribution in [3.63, 3.8) is 0 Å². The maximum absolute atomic E-state index is 13.4. The lowest BCUT2D eigenvalue weighted by Gasteiger charge is -2.31. The molecule has 2 unspecified atom stereocenters. The summed E-state index contributed by atoms with van der Waals surface area (Å²) in [6.45, 7) is 2.33. The third kappa shape index (κ3) is 3.41. The van der Waals surface area contributed by atoms with E-state index in [1.165, 1.54) is 12.1 Å². The summed E-state index contributed by atoms with van der Waals surface area (Å²) in [6, 6.07) is 6.05. The molecule has 1 N–H and O–H groups in total. The molecule has 1 aliphatic carbocycles. The zero-order valence-corrected chi connectivity index (χ0v) is 14.1. The van der Waals surface area contributed by atoms with Crippen LogP contribution < -0.4 is 0 Å². The summed E-state index contributed by atoms with van der Waals surface area (Å²) in [5.41, 5.74) is 1.71. The van der Waals surface area contributed by atoms with Crippen molar-refractivity contribution in [2.75, 3.05) is 13.6 Å². The van der Waals surface area contributed by atoms with Crippen molar-refractivity contribution in [2.45, 2.75) is 38.7 Å². The van der Waals surface area contributed by atoms with Gasteiger partial charge in [-0.05, 0) is 38.0 Å². The van der Waals surface area contributed by atoms with Crippen LogP contribution in [0.1, 0.15) is 41.7 Å². The van der Waals surface area contributed by atoms with Crippen molar-refractivity contribution in [2.24, 2.45) is 5.92 Å². The number of aliphatic hydroxyl groups is 1. The number of amides is 1. The molecule has 1 amide bonds. The first-order valence-electron chi connectivity index (χ1n) is 8.46. The van der Waals surface area contributed by atoms with Gasteiger partial charge in [0.15, 0.2) is 0 Å². The molecule has 4 nitrogen and oxygen atoms in total. The first-order chi connectivity index (χ1) is 11.5. The SMILES string of the molecule is Cc1cc(C(=O)N(C)CC2CCCCC2O)c2ccc(F)cc2n1. The molecule has 24 heavy (non-hydrogen) atoms. The first-order valence-corrected chi connectivity index (χ1v) is 8.46. The standard InChI is InChI=1S/C19H23FN2O2/c1-12-9-16(15-8-7-14(20)10-17(15)21-12)19(24)22(2)11-13-5-3-4-6-18(13)23/h7-10,13,18,23H,3-6,11H2,1-2H3. The Morgan fingerprint density at radius 1 is 1.33 bits per heavy atom. The number of halogens is 1. The van der Waals surface area contributed by atoms with Gasteiger partial charge in [-0.3, -0.25) is 9.78 Å². The summed E-state index contributed by atoms with van der Waals surface area (Å²) in [4.78, 5) is 18.9. The fourth-order valence-electron chi connectivity index (χ4n) is 3.55. The second kappa shape index (κ2) is 6.85. The number of benzene rings is 1. The van der Waals surface area contributed by atoms with Gasteiger partial charge in [0.05, 0.1) is 17.2 Å². The molecular weight excluding hydrogens is 307 g/mol. The highest BCUT2D eigenvalue weighted by molar-refractivity contribution is 6.06. The van der Waals surface area contributed by atoms with Gasteiger partial charge in [-0.25, -0.2) is 4.39 Å². The summed E-state index contributed by atoms with van der Waals surface area (Å²) in [6.07, 6.45) is 3.57. The van der Waals surface area contributed by atoms with E-state index in [1.807, 2.05) is 0 Å². The van der Waals surface area contributed by atoms with Gasteiger partial charge in [0.25, 0.3) is 5.91 Å². The highest BCUT2D eigenvalue weighted by Gasteiger charge is 2.26. The average molecular weight is 330 g/mol. The number of pyridine rings is 1. The lowest BCUT2D eigenvalue weighted by molar-refractivity contribution is 0.0452. The van der Waals surface area contributed by atoms with Crippen molar-refractivity contribution in [1.82, 2.24) is 9.88 Å². The number of aromatic nitrogens is 1. The number of rotatable bonds is 3. The van der Waals surface area contributed by atoms with Gasteiger partial charge in [-0.15, -0.1) is 0 Å². The van der Waals surface area contributed by atoms with E-state index < -0.39 is 0 Å². The number of fused-ring (bicyclic) bond motifs is 1. The minimum Gasteiger partial charge on any atom is -0.393 e. The van der Waals surface area contributed by atoms with Crippen LogP contribution in [0.2, 0.25) is 0 Å². The van der Waals surface area contributed by atoms with Crippen LogP contribution in [0.15, 0.2) is 24.3 Å². The molecule has 1 aromatic heterocycles. The van der Waals surface area contributed by atoms with Crippen molar-refractivity contribution >= 4 is 16.8 Å². The van der Waals surface area contributed by atoms with Crippen LogP contribution in [0, 0.1) is 18.7 Å². The molecule has 0 aliphatic heterocycles. The Balaban J connectivity index is 1.87. The fourth-order valence-corrected chi connectivity index (χ4v) is 3.55. The third-order valence-corrected chi connectivity index (χ3v) is 4.85. The van der Waals surface area contributed by atoms with Crippen molar-refractivity contribution in [3.05, 3.63) is 41.3 Å². The maximum Gasteiger partial charge on any atom is 0.254 e. The van der Waals surface area contributed by atoms with Crippen molar-refractivity contribution < 1.29 is 14.3 Å². The molecule has 2 aromatic rings. The summed E-state index contributed by atoms with van der Waals surface area (Å²) in [5, 5.41) is 10.8. The summed E-state index contributed by atoms with van der Waals surface area (Å²) >= 11 is 0. The highest BCUT2D eigenvalue weighted by atomic mass is 19.1. The Labute approximate surface area is 141 Å². The third-order valence-electron chi connectivity index (χ3n) is 4.85. The van der Waals surface area contributed by atoms with Crippen LogP contribution in [-0.4, -0.2) is 40.6 Å². The van der Waals surface area contributed by atoms with E-state index in [9.17, 15) is 14.3 Å². The van der Waals surface area contributed by atoms with Gasteiger partial charge in [0, 0.05) is 36.7 Å². The number of nitrogens with zero attached hydrogens (tertiary/aromatic N) is 2. The number of carbonyl (C=O) groups is 1. The predicted octanol–water partition coefficient (Wildman–Crippen LogP) is 3.31. The van der Waals surface area contributed by atoms with E-state index >= 15 is 0 Å². The van der Waals surface area contributed by atoms with E-state index in [4.69, 9.17) is 0 Å². The quantitative estimate of drug-likeness (QED) is 0.939.